The van der Waals surface area contributed by atoms with Gasteiger partial charge in [0.25, 0.3) is 5.95 Å². The number of hydrogen-bond acceptors (Lipinski definition) is 6. The maximum atomic E-state index is 10.3. The number of piperidine rings is 1. The molecule has 7 nitrogen and oxygen atoms in total. The van der Waals surface area contributed by atoms with Crippen molar-refractivity contribution >= 4 is 11.0 Å². The third-order valence-electron chi connectivity index (χ3n) is 4.56. The van der Waals surface area contributed by atoms with E-state index in [0.717, 1.165) is 37.0 Å². The van der Waals surface area contributed by atoms with Gasteiger partial charge in [-0.05, 0) is 49.1 Å². The lowest BCUT2D eigenvalue weighted by Crippen LogP contribution is -2.26. The molecule has 2 N–H and O–H groups in total. The summed E-state index contributed by atoms with van der Waals surface area (Å²) in [5.74, 6) is 1.61. The summed E-state index contributed by atoms with van der Waals surface area (Å²) in [6.45, 7) is 6.09. The van der Waals surface area contributed by atoms with Crippen molar-refractivity contribution in [1.29, 1.82) is 0 Å². The zero-order chi connectivity index (χ0) is 16.7. The second-order valence-electron chi connectivity index (χ2n) is 6.60. The predicted molar refractivity (Wildman–Crippen MR) is 89.5 cm³/mol. The standard InChI is InChI=1S/C17H21N5O2/c1-10(2)13-4-3-12-9-14(23)22(15(12)19-13)17-20-16(24-21-17)11-5-7-18-8-6-11/h3-4,9-11,18,23H,5-8H2,1-2H3. The van der Waals surface area contributed by atoms with E-state index < -0.39 is 0 Å². The van der Waals surface area contributed by atoms with Gasteiger partial charge in [0.2, 0.25) is 11.8 Å². The van der Waals surface area contributed by atoms with Crippen LogP contribution in [0.4, 0.5) is 0 Å². The molecular weight excluding hydrogens is 306 g/mol. The second-order valence-corrected chi connectivity index (χ2v) is 6.60. The Morgan fingerprint density at radius 3 is 2.79 bits per heavy atom. The first-order chi connectivity index (χ1) is 11.6. The highest BCUT2D eigenvalue weighted by molar-refractivity contribution is 5.80. The molecule has 4 heterocycles. The summed E-state index contributed by atoms with van der Waals surface area (Å²) in [5.41, 5.74) is 1.61. The summed E-state index contributed by atoms with van der Waals surface area (Å²) in [5, 5.41) is 18.6. The lowest BCUT2D eigenvalue weighted by molar-refractivity contribution is 0.319. The van der Waals surface area contributed by atoms with Gasteiger partial charge in [-0.25, -0.2) is 9.55 Å². The molecule has 0 atom stereocenters. The Bertz CT molecular complexity index is 861. The summed E-state index contributed by atoms with van der Waals surface area (Å²) in [4.78, 5) is 9.18. The van der Waals surface area contributed by atoms with Gasteiger partial charge in [0.15, 0.2) is 0 Å². The molecule has 4 rings (SSSR count). The molecule has 3 aromatic rings. The van der Waals surface area contributed by atoms with E-state index in [4.69, 9.17) is 4.52 Å². The fourth-order valence-corrected chi connectivity index (χ4v) is 3.15. The first-order valence-corrected chi connectivity index (χ1v) is 8.39. The monoisotopic (exact) mass is 327 g/mol. The molecule has 0 bridgehead atoms. The SMILES string of the molecule is CC(C)c1ccc2cc(O)n(-c3noc(C4CCNCC4)n3)c2n1. The van der Waals surface area contributed by atoms with E-state index in [1.165, 1.54) is 0 Å². The number of nitrogens with zero attached hydrogens (tertiary/aromatic N) is 4. The average Bonchev–Trinajstić information content (AvgIpc) is 3.18. The van der Waals surface area contributed by atoms with Crippen LogP contribution in [0, 0.1) is 0 Å². The number of hydrogen-bond donors (Lipinski definition) is 2. The average molecular weight is 327 g/mol. The van der Waals surface area contributed by atoms with Gasteiger partial charge in [-0.15, -0.1) is 0 Å². The molecule has 0 saturated carbocycles. The van der Waals surface area contributed by atoms with Gasteiger partial charge in [0, 0.05) is 23.1 Å². The lowest BCUT2D eigenvalue weighted by atomic mass is 9.98. The Kier molecular flexibility index (Phi) is 3.72. The molecule has 1 fully saturated rings. The summed E-state index contributed by atoms with van der Waals surface area (Å²) in [6.07, 6.45) is 1.96. The third kappa shape index (κ3) is 2.54. The highest BCUT2D eigenvalue weighted by atomic mass is 16.5. The van der Waals surface area contributed by atoms with Crippen LogP contribution in [0.15, 0.2) is 22.7 Å². The Balaban J connectivity index is 1.77. The van der Waals surface area contributed by atoms with E-state index in [2.05, 4.69) is 34.3 Å². The minimum absolute atomic E-state index is 0.0658. The normalized spacial score (nSPS) is 16.3. The maximum Gasteiger partial charge on any atom is 0.278 e. The van der Waals surface area contributed by atoms with Crippen molar-refractivity contribution in [3.05, 3.63) is 29.8 Å². The van der Waals surface area contributed by atoms with Crippen LogP contribution < -0.4 is 5.32 Å². The van der Waals surface area contributed by atoms with Crippen LogP contribution in [0.2, 0.25) is 0 Å². The first-order valence-electron chi connectivity index (χ1n) is 8.39. The van der Waals surface area contributed by atoms with Crippen LogP contribution in [0.3, 0.4) is 0 Å². The molecule has 3 aromatic heterocycles. The number of rotatable bonds is 3. The largest absolute Gasteiger partial charge is 0.494 e. The number of nitrogens with one attached hydrogen (secondary N) is 1. The van der Waals surface area contributed by atoms with Crippen molar-refractivity contribution in [2.24, 2.45) is 0 Å². The molecule has 1 aliphatic heterocycles. The molecule has 0 unspecified atom stereocenters. The third-order valence-corrected chi connectivity index (χ3v) is 4.56. The van der Waals surface area contributed by atoms with Crippen LogP contribution >= 0.6 is 0 Å². The van der Waals surface area contributed by atoms with E-state index in [-0.39, 0.29) is 11.8 Å². The minimum atomic E-state index is 0.0658. The molecule has 7 heteroatoms. The molecule has 0 amide bonds. The predicted octanol–water partition coefficient (Wildman–Crippen LogP) is 2.70. The van der Waals surface area contributed by atoms with E-state index in [1.807, 2.05) is 12.1 Å². The number of aromatic hydroxyl groups is 1. The number of pyridine rings is 1. The molecule has 126 valence electrons. The summed E-state index contributed by atoms with van der Waals surface area (Å²) in [7, 11) is 0. The van der Waals surface area contributed by atoms with Gasteiger partial charge < -0.3 is 14.9 Å². The molecule has 0 spiro atoms. The number of fused-ring (bicyclic) bond motifs is 1. The summed E-state index contributed by atoms with van der Waals surface area (Å²) >= 11 is 0. The van der Waals surface area contributed by atoms with E-state index in [1.54, 1.807) is 10.6 Å². The molecule has 1 aliphatic rings. The van der Waals surface area contributed by atoms with Crippen molar-refractivity contribution in [1.82, 2.24) is 25.0 Å². The maximum absolute atomic E-state index is 10.3. The molecule has 24 heavy (non-hydrogen) atoms. The van der Waals surface area contributed by atoms with E-state index in [0.29, 0.717) is 23.4 Å². The Morgan fingerprint density at radius 2 is 2.04 bits per heavy atom. The van der Waals surface area contributed by atoms with Gasteiger partial charge in [0.1, 0.15) is 5.65 Å². The van der Waals surface area contributed by atoms with Gasteiger partial charge >= 0.3 is 0 Å². The lowest BCUT2D eigenvalue weighted by Gasteiger charge is -2.18. The molecular formula is C17H21N5O2. The van der Waals surface area contributed by atoms with Gasteiger partial charge in [-0.2, -0.15) is 4.98 Å². The Morgan fingerprint density at radius 1 is 1.25 bits per heavy atom. The molecule has 0 radical (unpaired) electrons. The summed E-state index contributed by atoms with van der Waals surface area (Å²) < 4.78 is 7.01. The van der Waals surface area contributed by atoms with Crippen LogP contribution in [0.1, 0.15) is 50.1 Å². The van der Waals surface area contributed by atoms with Crippen molar-refractivity contribution in [3.63, 3.8) is 0 Å². The zero-order valence-corrected chi connectivity index (χ0v) is 13.9. The van der Waals surface area contributed by atoms with Gasteiger partial charge in [-0.1, -0.05) is 13.8 Å². The highest BCUT2D eigenvalue weighted by Crippen LogP contribution is 2.29. The highest BCUT2D eigenvalue weighted by Gasteiger charge is 2.23. The first kappa shape index (κ1) is 15.1. The Labute approximate surface area is 139 Å². The van der Waals surface area contributed by atoms with Gasteiger partial charge in [-0.3, -0.25) is 0 Å². The topological polar surface area (TPSA) is 89.0 Å². The van der Waals surface area contributed by atoms with E-state index in [9.17, 15) is 5.11 Å². The number of aromatic nitrogens is 4. The van der Waals surface area contributed by atoms with Crippen molar-refractivity contribution < 1.29 is 9.63 Å². The van der Waals surface area contributed by atoms with Crippen molar-refractivity contribution in [3.8, 4) is 11.8 Å². The van der Waals surface area contributed by atoms with Gasteiger partial charge in [0.05, 0.1) is 0 Å². The smallest absolute Gasteiger partial charge is 0.278 e. The van der Waals surface area contributed by atoms with Crippen molar-refractivity contribution in [2.45, 2.75) is 38.5 Å². The van der Waals surface area contributed by atoms with Crippen LogP contribution in [0.5, 0.6) is 5.88 Å². The summed E-state index contributed by atoms with van der Waals surface area (Å²) in [6, 6.07) is 5.61. The quantitative estimate of drug-likeness (QED) is 0.769. The molecule has 0 aromatic carbocycles. The second kappa shape index (κ2) is 5.90. The molecule has 1 saturated heterocycles. The zero-order valence-electron chi connectivity index (χ0n) is 13.9. The fourth-order valence-electron chi connectivity index (χ4n) is 3.15. The Hall–Kier alpha value is -2.41. The minimum Gasteiger partial charge on any atom is -0.494 e. The van der Waals surface area contributed by atoms with Crippen LogP contribution in [-0.4, -0.2) is 37.9 Å². The van der Waals surface area contributed by atoms with Crippen molar-refractivity contribution in [2.75, 3.05) is 13.1 Å². The molecule has 0 aliphatic carbocycles. The fraction of sp³-hybridized carbons (Fsp3) is 0.471. The van der Waals surface area contributed by atoms with Crippen LogP contribution in [0.25, 0.3) is 17.0 Å². The van der Waals surface area contributed by atoms with Crippen LogP contribution in [-0.2, 0) is 0 Å². The van der Waals surface area contributed by atoms with E-state index >= 15 is 0 Å².